The summed E-state index contributed by atoms with van der Waals surface area (Å²) in [5.41, 5.74) is 3.82. The highest BCUT2D eigenvalue weighted by Gasteiger charge is 2.34. The molecule has 160 valence electrons. The van der Waals surface area contributed by atoms with Gasteiger partial charge in [0.15, 0.2) is 5.69 Å². The molecule has 0 unspecified atom stereocenters. The Balaban J connectivity index is 1.85. The molecule has 9 nitrogen and oxygen atoms in total. The van der Waals surface area contributed by atoms with Gasteiger partial charge in [0.2, 0.25) is 16.0 Å². The number of nitrogens with two attached hydrogens (primary N) is 1. The molecule has 3 N–H and O–H groups in total. The normalized spacial score (nSPS) is 18.6. The summed E-state index contributed by atoms with van der Waals surface area (Å²) in [7, 11) is -2.60. The summed E-state index contributed by atoms with van der Waals surface area (Å²) in [4.78, 5) is 22.7. The topological polar surface area (TPSA) is 131 Å². The number of halogens is 4. The molecule has 3 rings (SSSR count). The van der Waals surface area contributed by atoms with Crippen molar-refractivity contribution < 1.29 is 30.8 Å². The minimum atomic E-state index is -4.70. The van der Waals surface area contributed by atoms with E-state index in [1.807, 2.05) is 0 Å². The average molecular weight is 446 g/mol. The van der Waals surface area contributed by atoms with Crippen LogP contribution in [-0.2, 0) is 16.2 Å². The Morgan fingerprint density at radius 1 is 1.27 bits per heavy atom. The van der Waals surface area contributed by atoms with Crippen molar-refractivity contribution in [1.29, 1.82) is 0 Å². The van der Waals surface area contributed by atoms with Crippen LogP contribution >= 0.6 is 0 Å². The van der Waals surface area contributed by atoms with Gasteiger partial charge in [-0.1, -0.05) is 0 Å². The van der Waals surface area contributed by atoms with Gasteiger partial charge in [-0.15, -0.1) is 0 Å². The van der Waals surface area contributed by atoms with Crippen molar-refractivity contribution in [3.05, 3.63) is 53.4 Å². The second-order valence-corrected chi connectivity index (χ2v) is 8.27. The first kappa shape index (κ1) is 21.4. The van der Waals surface area contributed by atoms with Gasteiger partial charge in [-0.05, 0) is 18.2 Å². The zero-order valence-electron chi connectivity index (χ0n) is 15.2. The van der Waals surface area contributed by atoms with E-state index >= 15 is 0 Å². The minimum Gasteiger partial charge on any atom is -0.369 e. The molecule has 1 aromatic heterocycles. The van der Waals surface area contributed by atoms with Gasteiger partial charge in [0.1, 0.15) is 11.5 Å². The lowest BCUT2D eigenvalue weighted by Crippen LogP contribution is -2.45. The number of carbonyl (C=O) groups is 1. The molecular weight excluding hydrogens is 432 g/mol. The zero-order chi connectivity index (χ0) is 22.3. The van der Waals surface area contributed by atoms with Crippen LogP contribution in [0.25, 0.3) is 0 Å². The van der Waals surface area contributed by atoms with E-state index in [0.29, 0.717) is 12.4 Å². The molecule has 0 bridgehead atoms. The fourth-order valence-corrected chi connectivity index (χ4v) is 3.76. The number of nitrogens with zero attached hydrogens (tertiary/aromatic N) is 4. The molecule has 1 aliphatic heterocycles. The van der Waals surface area contributed by atoms with Crippen molar-refractivity contribution in [2.24, 2.45) is 10.7 Å². The van der Waals surface area contributed by atoms with Gasteiger partial charge in [0.05, 0.1) is 24.2 Å². The Morgan fingerprint density at radius 3 is 2.53 bits per heavy atom. The molecule has 0 aliphatic carbocycles. The smallest absolute Gasteiger partial charge is 0.369 e. The van der Waals surface area contributed by atoms with Gasteiger partial charge in [0.25, 0.3) is 5.91 Å². The van der Waals surface area contributed by atoms with E-state index < -0.39 is 51.1 Å². The zero-order valence-corrected chi connectivity index (χ0v) is 16.0. The maximum atomic E-state index is 14.3. The first-order chi connectivity index (χ1) is 13.9. The number of alkyl halides is 3. The number of amides is 1. The number of aliphatic imine (C=N–C) groups is 1. The monoisotopic (exact) mass is 446 g/mol. The van der Waals surface area contributed by atoms with Crippen molar-refractivity contribution in [3.63, 3.8) is 0 Å². The Hall–Kier alpha value is -3.29. The number of guanidine groups is 1. The van der Waals surface area contributed by atoms with Crippen LogP contribution in [-0.4, -0.2) is 47.4 Å². The first-order valence-electron chi connectivity index (χ1n) is 8.18. The highest BCUT2D eigenvalue weighted by molar-refractivity contribution is 7.89. The summed E-state index contributed by atoms with van der Waals surface area (Å²) >= 11 is 0. The van der Waals surface area contributed by atoms with Gasteiger partial charge in [0, 0.05) is 18.3 Å². The summed E-state index contributed by atoms with van der Waals surface area (Å²) < 4.78 is 76.9. The molecular formula is C16H14F4N6O3S. The van der Waals surface area contributed by atoms with Crippen molar-refractivity contribution in [2.45, 2.75) is 12.2 Å². The van der Waals surface area contributed by atoms with E-state index in [2.05, 4.69) is 20.3 Å². The lowest BCUT2D eigenvalue weighted by atomic mass is 10.1. The fourth-order valence-electron chi connectivity index (χ4n) is 2.56. The van der Waals surface area contributed by atoms with Crippen LogP contribution < -0.4 is 11.1 Å². The third-order valence-electron chi connectivity index (χ3n) is 4.18. The molecule has 0 saturated carbocycles. The number of carbonyl (C=O) groups excluding carboxylic acids is 1. The van der Waals surface area contributed by atoms with Gasteiger partial charge in [-0.25, -0.2) is 32.1 Å². The lowest BCUT2D eigenvalue weighted by molar-refractivity contribution is -0.141. The van der Waals surface area contributed by atoms with Crippen molar-refractivity contribution in [3.8, 4) is 0 Å². The van der Waals surface area contributed by atoms with Crippen LogP contribution in [0.3, 0.4) is 0 Å². The minimum absolute atomic E-state index is 0.0446. The quantitative estimate of drug-likeness (QED) is 0.688. The molecule has 0 fully saturated rings. The molecule has 2 aromatic rings. The molecule has 1 aliphatic rings. The van der Waals surface area contributed by atoms with Crippen molar-refractivity contribution in [1.82, 2.24) is 14.3 Å². The predicted molar refractivity (Wildman–Crippen MR) is 97.3 cm³/mol. The van der Waals surface area contributed by atoms with E-state index in [1.165, 1.54) is 13.1 Å². The molecule has 0 saturated heterocycles. The van der Waals surface area contributed by atoms with Crippen LogP contribution in [0, 0.1) is 5.82 Å². The van der Waals surface area contributed by atoms with Crippen LogP contribution in [0.4, 0.5) is 23.2 Å². The SMILES string of the molecule is CN1C(N)=N[C@H](c2cc(NC(=O)c3cnc(C(F)(F)F)cn3)ccc2F)CS1(=O)=O. The molecule has 1 aromatic carbocycles. The molecule has 0 spiro atoms. The maximum Gasteiger partial charge on any atom is 0.434 e. The number of hydrogen-bond acceptors (Lipinski definition) is 7. The molecule has 0 radical (unpaired) electrons. The Labute approximate surface area is 167 Å². The highest BCUT2D eigenvalue weighted by atomic mass is 32.2. The average Bonchev–Trinajstić information content (AvgIpc) is 2.66. The summed E-state index contributed by atoms with van der Waals surface area (Å²) in [5.74, 6) is -2.53. The maximum absolute atomic E-state index is 14.3. The summed E-state index contributed by atoms with van der Waals surface area (Å²) in [5, 5.41) is 2.33. The fraction of sp³-hybridized carbons (Fsp3) is 0.250. The van der Waals surface area contributed by atoms with Crippen LogP contribution in [0.1, 0.15) is 27.8 Å². The summed E-state index contributed by atoms with van der Waals surface area (Å²) in [6.07, 6.45) is -3.65. The molecule has 1 amide bonds. The number of benzene rings is 1. The number of anilines is 1. The Kier molecular flexibility index (Phi) is 5.36. The van der Waals surface area contributed by atoms with E-state index in [4.69, 9.17) is 5.73 Å². The number of nitrogens with one attached hydrogen (secondary N) is 1. The Morgan fingerprint density at radius 2 is 1.97 bits per heavy atom. The molecule has 30 heavy (non-hydrogen) atoms. The second kappa shape index (κ2) is 7.51. The van der Waals surface area contributed by atoms with E-state index in [-0.39, 0.29) is 17.2 Å². The third kappa shape index (κ3) is 4.32. The van der Waals surface area contributed by atoms with Crippen molar-refractivity contribution in [2.75, 3.05) is 18.1 Å². The first-order valence-corrected chi connectivity index (χ1v) is 9.79. The predicted octanol–water partition coefficient (Wildman–Crippen LogP) is 1.52. The third-order valence-corrected chi connectivity index (χ3v) is 5.94. The van der Waals surface area contributed by atoms with E-state index in [9.17, 15) is 30.8 Å². The number of rotatable bonds is 3. The van der Waals surface area contributed by atoms with Gasteiger partial charge in [-0.2, -0.15) is 13.2 Å². The summed E-state index contributed by atoms with van der Waals surface area (Å²) in [6.45, 7) is 0. The molecule has 1 atom stereocenters. The summed E-state index contributed by atoms with van der Waals surface area (Å²) in [6, 6.07) is 2.19. The van der Waals surface area contributed by atoms with E-state index in [1.54, 1.807) is 0 Å². The van der Waals surface area contributed by atoms with Crippen LogP contribution in [0.5, 0.6) is 0 Å². The number of aromatic nitrogens is 2. The number of sulfonamides is 1. The van der Waals surface area contributed by atoms with Crippen LogP contribution in [0.2, 0.25) is 0 Å². The van der Waals surface area contributed by atoms with Crippen LogP contribution in [0.15, 0.2) is 35.6 Å². The van der Waals surface area contributed by atoms with Crippen molar-refractivity contribution >= 4 is 27.6 Å². The Bertz CT molecular complexity index is 1120. The highest BCUT2D eigenvalue weighted by Crippen LogP contribution is 2.29. The number of hydrogen-bond donors (Lipinski definition) is 2. The van der Waals surface area contributed by atoms with Gasteiger partial charge < -0.3 is 11.1 Å². The second-order valence-electron chi connectivity index (χ2n) is 6.22. The molecule has 2 heterocycles. The van der Waals surface area contributed by atoms with Gasteiger partial charge >= 0.3 is 6.18 Å². The standard InChI is InChI=1S/C16H14F4N6O3S/c1-26-15(21)25-12(7-30(26,28)29)9-4-8(2-3-10(9)17)24-14(27)11-5-23-13(6-22-11)16(18,19)20/h2-6,12H,7H2,1H3,(H2,21,25)(H,24,27)/t12-/m0/s1. The van der Waals surface area contributed by atoms with E-state index in [0.717, 1.165) is 16.4 Å². The largest absolute Gasteiger partial charge is 0.434 e. The molecule has 14 heteroatoms. The lowest BCUT2D eigenvalue weighted by Gasteiger charge is -2.27. The van der Waals surface area contributed by atoms with Gasteiger partial charge in [-0.3, -0.25) is 4.79 Å².